The zero-order valence-corrected chi connectivity index (χ0v) is 20.8. The van der Waals surface area contributed by atoms with Gasteiger partial charge in [0.2, 0.25) is 5.88 Å². The minimum atomic E-state index is -0.528. The van der Waals surface area contributed by atoms with Crippen LogP contribution in [-0.4, -0.2) is 12.6 Å². The molecule has 1 heterocycles. The number of unbranched alkanes of at least 4 members (excludes halogenated alkanes) is 1. The summed E-state index contributed by atoms with van der Waals surface area (Å²) in [5.41, 5.74) is 9.77. The van der Waals surface area contributed by atoms with Gasteiger partial charge >= 0.3 is 5.97 Å². The van der Waals surface area contributed by atoms with Crippen LogP contribution in [0, 0.1) is 11.3 Å². The Labute approximate surface area is 211 Å². The summed E-state index contributed by atoms with van der Waals surface area (Å²) in [5, 5.41) is 9.82. The summed E-state index contributed by atoms with van der Waals surface area (Å²) in [5.74, 6) is 0.780. The molecule has 6 heteroatoms. The Morgan fingerprint density at radius 3 is 2.56 bits per heavy atom. The largest absolute Gasteiger partial charge is 0.493 e. The third kappa shape index (κ3) is 5.21. The van der Waals surface area contributed by atoms with Crippen LogP contribution in [0.25, 0.3) is 0 Å². The molecule has 1 aliphatic rings. The van der Waals surface area contributed by atoms with Crippen LogP contribution in [0.15, 0.2) is 78.2 Å². The van der Waals surface area contributed by atoms with Gasteiger partial charge in [-0.3, -0.25) is 0 Å². The van der Waals surface area contributed by atoms with Gasteiger partial charge in [0.25, 0.3) is 0 Å². The van der Waals surface area contributed by atoms with E-state index in [1.807, 2.05) is 24.3 Å². The van der Waals surface area contributed by atoms with Crippen molar-refractivity contribution in [2.75, 3.05) is 6.61 Å². The van der Waals surface area contributed by atoms with Crippen LogP contribution in [0.5, 0.6) is 17.2 Å². The lowest BCUT2D eigenvalue weighted by Gasteiger charge is -2.27. The van der Waals surface area contributed by atoms with Gasteiger partial charge in [-0.25, -0.2) is 4.79 Å². The maximum Gasteiger partial charge on any atom is 0.347 e. The highest BCUT2D eigenvalue weighted by atomic mass is 16.5. The van der Waals surface area contributed by atoms with Gasteiger partial charge in [0.15, 0.2) is 0 Å². The van der Waals surface area contributed by atoms with Crippen molar-refractivity contribution in [2.45, 2.75) is 45.4 Å². The molecule has 0 spiro atoms. The fourth-order valence-corrected chi connectivity index (χ4v) is 4.17. The Morgan fingerprint density at radius 2 is 1.86 bits per heavy atom. The monoisotopic (exact) mass is 482 g/mol. The van der Waals surface area contributed by atoms with E-state index in [0.29, 0.717) is 40.9 Å². The molecule has 6 nitrogen and oxygen atoms in total. The third-order valence-electron chi connectivity index (χ3n) is 6.20. The van der Waals surface area contributed by atoms with Crippen molar-refractivity contribution in [1.29, 1.82) is 5.26 Å². The highest BCUT2D eigenvalue weighted by Crippen LogP contribution is 2.43. The van der Waals surface area contributed by atoms with Gasteiger partial charge in [0.05, 0.1) is 12.5 Å². The van der Waals surface area contributed by atoms with Crippen LogP contribution in [0.4, 0.5) is 0 Å². The molecule has 1 unspecified atom stereocenters. The van der Waals surface area contributed by atoms with Crippen LogP contribution in [0.1, 0.15) is 72.5 Å². The van der Waals surface area contributed by atoms with E-state index in [4.69, 9.17) is 19.9 Å². The number of rotatable bonds is 8. The first-order chi connectivity index (χ1) is 17.4. The van der Waals surface area contributed by atoms with E-state index in [1.54, 1.807) is 30.3 Å². The number of nitriles is 1. The molecule has 4 rings (SSSR count). The maximum absolute atomic E-state index is 13.0. The number of allylic oxidation sites excluding steroid dienone is 1. The van der Waals surface area contributed by atoms with Crippen LogP contribution in [-0.2, 0) is 0 Å². The second-order valence-corrected chi connectivity index (χ2v) is 9.03. The summed E-state index contributed by atoms with van der Waals surface area (Å²) in [7, 11) is 0. The van der Waals surface area contributed by atoms with Gasteiger partial charge in [0, 0.05) is 11.6 Å². The quantitative estimate of drug-likeness (QED) is 0.226. The Bertz CT molecular complexity index is 1320. The number of esters is 1. The van der Waals surface area contributed by atoms with E-state index in [1.165, 1.54) is 5.56 Å². The average molecular weight is 483 g/mol. The highest BCUT2D eigenvalue weighted by Gasteiger charge is 2.31. The number of nitrogens with two attached hydrogens (primary N) is 1. The number of carbonyl (C=O) groups excluding carboxylic acids is 1. The molecule has 0 saturated heterocycles. The number of fused-ring (bicyclic) bond motifs is 1. The zero-order chi connectivity index (χ0) is 25.7. The van der Waals surface area contributed by atoms with E-state index in [2.05, 4.69) is 39.0 Å². The molecule has 0 saturated carbocycles. The first-order valence-electron chi connectivity index (χ1n) is 12.2. The Balaban J connectivity index is 1.62. The van der Waals surface area contributed by atoms with Gasteiger partial charge in [-0.05, 0) is 41.7 Å². The predicted molar refractivity (Wildman–Crippen MR) is 138 cm³/mol. The summed E-state index contributed by atoms with van der Waals surface area (Å²) < 4.78 is 17.2. The molecule has 0 aliphatic carbocycles. The first-order valence-corrected chi connectivity index (χ1v) is 12.2. The fraction of sp³-hybridized carbons (Fsp3) is 0.267. The van der Waals surface area contributed by atoms with Crippen molar-refractivity contribution in [3.05, 3.63) is 100 Å². The van der Waals surface area contributed by atoms with Crippen LogP contribution in [0.2, 0.25) is 0 Å². The zero-order valence-electron chi connectivity index (χ0n) is 20.8. The summed E-state index contributed by atoms with van der Waals surface area (Å²) in [6.45, 7) is 6.88. The normalized spacial score (nSPS) is 14.6. The average Bonchev–Trinajstić information content (AvgIpc) is 2.88. The minimum absolute atomic E-state index is 0.0427. The summed E-state index contributed by atoms with van der Waals surface area (Å²) >= 11 is 0. The van der Waals surface area contributed by atoms with Crippen molar-refractivity contribution >= 4 is 5.97 Å². The van der Waals surface area contributed by atoms with Crippen molar-refractivity contribution in [3.63, 3.8) is 0 Å². The minimum Gasteiger partial charge on any atom is -0.493 e. The molecule has 3 aromatic carbocycles. The van der Waals surface area contributed by atoms with E-state index in [9.17, 15) is 10.1 Å². The molecular formula is C30H30N2O4. The third-order valence-corrected chi connectivity index (χ3v) is 6.20. The molecule has 2 N–H and O–H groups in total. The molecule has 1 aliphatic heterocycles. The van der Waals surface area contributed by atoms with Crippen LogP contribution < -0.4 is 19.9 Å². The van der Waals surface area contributed by atoms with E-state index in [0.717, 1.165) is 24.0 Å². The van der Waals surface area contributed by atoms with Crippen molar-refractivity contribution < 1.29 is 19.0 Å². The van der Waals surface area contributed by atoms with Crippen molar-refractivity contribution in [1.82, 2.24) is 0 Å². The summed E-state index contributed by atoms with van der Waals surface area (Å²) in [4.78, 5) is 13.0. The lowest BCUT2D eigenvalue weighted by Crippen LogP contribution is -2.21. The number of benzene rings is 3. The second kappa shape index (κ2) is 11.0. The smallest absolute Gasteiger partial charge is 0.347 e. The number of ether oxygens (including phenoxy) is 3. The molecule has 0 bridgehead atoms. The summed E-state index contributed by atoms with van der Waals surface area (Å²) in [6.07, 6.45) is 1.89. The van der Waals surface area contributed by atoms with Crippen molar-refractivity contribution in [2.24, 2.45) is 5.73 Å². The van der Waals surface area contributed by atoms with Gasteiger partial charge in [-0.15, -0.1) is 0 Å². The molecule has 0 aromatic heterocycles. The number of carbonyl (C=O) groups is 1. The number of para-hydroxylation sites is 1. The Kier molecular flexibility index (Phi) is 7.60. The standard InChI is InChI=1S/C30H30N2O4/c1-4-5-16-34-26-9-7-6-8-24(26)30(33)35-22-14-15-23-27(17-22)36-29(32)25(18-31)28(23)21-12-10-20(11-13-21)19(2)3/h6-15,17,19,28H,4-5,16,32H2,1-3H3. The van der Waals surface area contributed by atoms with Gasteiger partial charge in [-0.2, -0.15) is 5.26 Å². The second-order valence-electron chi connectivity index (χ2n) is 9.03. The molecule has 0 fully saturated rings. The molecule has 184 valence electrons. The number of hydrogen-bond acceptors (Lipinski definition) is 6. The molecule has 3 aromatic rings. The Hall–Kier alpha value is -4.24. The van der Waals surface area contributed by atoms with E-state index < -0.39 is 5.97 Å². The van der Waals surface area contributed by atoms with E-state index >= 15 is 0 Å². The van der Waals surface area contributed by atoms with Crippen molar-refractivity contribution in [3.8, 4) is 23.3 Å². The molecular weight excluding hydrogens is 452 g/mol. The highest BCUT2D eigenvalue weighted by molar-refractivity contribution is 5.94. The maximum atomic E-state index is 13.0. The topological polar surface area (TPSA) is 94.6 Å². The van der Waals surface area contributed by atoms with Crippen LogP contribution in [0.3, 0.4) is 0 Å². The number of hydrogen-bond donors (Lipinski definition) is 1. The fourth-order valence-electron chi connectivity index (χ4n) is 4.17. The Morgan fingerprint density at radius 1 is 1.11 bits per heavy atom. The van der Waals surface area contributed by atoms with Gasteiger partial charge < -0.3 is 19.9 Å². The lowest BCUT2D eigenvalue weighted by atomic mass is 9.83. The lowest BCUT2D eigenvalue weighted by molar-refractivity contribution is 0.0730. The SMILES string of the molecule is CCCCOc1ccccc1C(=O)Oc1ccc2c(c1)OC(N)=C(C#N)C2c1ccc(C(C)C)cc1. The molecule has 1 atom stereocenters. The summed E-state index contributed by atoms with van der Waals surface area (Å²) in [6, 6.07) is 22.5. The number of nitrogens with zero attached hydrogens (tertiary/aromatic N) is 1. The predicted octanol–water partition coefficient (Wildman–Crippen LogP) is 6.43. The van der Waals surface area contributed by atoms with Crippen LogP contribution >= 0.6 is 0 Å². The molecule has 0 radical (unpaired) electrons. The molecule has 0 amide bonds. The van der Waals surface area contributed by atoms with Gasteiger partial charge in [0.1, 0.15) is 34.5 Å². The van der Waals surface area contributed by atoms with E-state index in [-0.39, 0.29) is 11.8 Å². The first kappa shape index (κ1) is 24.9. The van der Waals surface area contributed by atoms with Gasteiger partial charge in [-0.1, -0.05) is 69.7 Å². The molecule has 36 heavy (non-hydrogen) atoms.